The third-order valence-corrected chi connectivity index (χ3v) is 4.48. The predicted octanol–water partition coefficient (Wildman–Crippen LogP) is 1.55. The average molecular weight is 392 g/mol. The lowest BCUT2D eigenvalue weighted by Gasteiger charge is -2.44. The summed E-state index contributed by atoms with van der Waals surface area (Å²) in [6.07, 6.45) is -1.71. The Kier molecular flexibility index (Phi) is 5.68. The van der Waals surface area contributed by atoms with Gasteiger partial charge in [0.25, 0.3) is 5.69 Å². The molecule has 150 valence electrons. The quantitative estimate of drug-likeness (QED) is 0.452. The molecule has 0 saturated carbocycles. The number of ether oxygens (including phenoxy) is 2. The molecule has 1 saturated heterocycles. The molecule has 1 fully saturated rings. The zero-order valence-electron chi connectivity index (χ0n) is 15.3. The van der Waals surface area contributed by atoms with Crippen molar-refractivity contribution in [3.8, 4) is 0 Å². The highest BCUT2D eigenvalue weighted by Crippen LogP contribution is 2.38. The van der Waals surface area contributed by atoms with Gasteiger partial charge in [-0.05, 0) is 13.8 Å². The van der Waals surface area contributed by atoms with Crippen LogP contribution in [-0.4, -0.2) is 59.0 Å². The topological polar surface area (TPSA) is 139 Å². The normalized spacial score (nSPS) is 23.6. The number of esters is 1. The molecular weight excluding hydrogens is 372 g/mol. The molecule has 12 heteroatoms. The van der Waals surface area contributed by atoms with Crippen LogP contribution >= 0.6 is 0 Å². The first-order valence-corrected chi connectivity index (χ1v) is 8.76. The summed E-state index contributed by atoms with van der Waals surface area (Å²) in [5, 5.41) is 20.7. The third-order valence-electron chi connectivity index (χ3n) is 4.48. The van der Waals surface area contributed by atoms with Crippen molar-refractivity contribution < 1.29 is 24.0 Å². The first-order valence-electron chi connectivity index (χ1n) is 8.76. The van der Waals surface area contributed by atoms with E-state index in [1.807, 2.05) is 0 Å². The van der Waals surface area contributed by atoms with E-state index in [4.69, 9.17) is 9.47 Å². The number of nitrogens with one attached hydrogen (secondary N) is 1. The molecular formula is C16H20N6O6. The lowest BCUT2D eigenvalue weighted by Crippen LogP contribution is -2.65. The van der Waals surface area contributed by atoms with E-state index >= 15 is 0 Å². The van der Waals surface area contributed by atoms with Gasteiger partial charge in [-0.2, -0.15) is 5.01 Å². The Morgan fingerprint density at radius 1 is 1.29 bits per heavy atom. The Balaban J connectivity index is 2.10. The molecule has 1 aromatic carbocycles. The molecule has 0 bridgehead atoms. The number of carbonyl (C=O) groups is 2. The lowest BCUT2D eigenvalue weighted by molar-refractivity contribution is -0.385. The van der Waals surface area contributed by atoms with E-state index in [9.17, 15) is 19.7 Å². The highest BCUT2D eigenvalue weighted by molar-refractivity contribution is 5.83. The van der Waals surface area contributed by atoms with Crippen molar-refractivity contribution in [3.63, 3.8) is 0 Å². The van der Waals surface area contributed by atoms with Crippen molar-refractivity contribution in [2.45, 2.75) is 32.1 Å². The molecule has 3 unspecified atom stereocenters. The summed E-state index contributed by atoms with van der Waals surface area (Å²) in [7, 11) is 0. The number of carbonyl (C=O) groups excluding carboxylic acids is 2. The van der Waals surface area contributed by atoms with E-state index in [-0.39, 0.29) is 25.4 Å². The zero-order valence-corrected chi connectivity index (χ0v) is 15.3. The second-order valence-electron chi connectivity index (χ2n) is 6.04. The third kappa shape index (κ3) is 3.45. The standard InChI is InChI=1S/C16H20N6O6/c1-3-27-14(23)13-11(10-7-5-6-8-12(10)22(25)26)9-20-15(17-18-19-20)21(13)16(24)28-4-2/h5-8,11,13,15H,3-4,9H2,1-2H3,(H,17,19). The number of rotatable bonds is 5. The van der Waals surface area contributed by atoms with Crippen LogP contribution in [0.4, 0.5) is 10.5 Å². The number of para-hydroxylation sites is 1. The second-order valence-corrected chi connectivity index (χ2v) is 6.04. The maximum absolute atomic E-state index is 12.8. The molecule has 2 heterocycles. The summed E-state index contributed by atoms with van der Waals surface area (Å²) in [6, 6.07) is 4.92. The van der Waals surface area contributed by atoms with Crippen LogP contribution in [0.1, 0.15) is 25.3 Å². The van der Waals surface area contributed by atoms with Crippen LogP contribution < -0.4 is 5.53 Å². The van der Waals surface area contributed by atoms with Gasteiger partial charge < -0.3 is 9.47 Å². The van der Waals surface area contributed by atoms with E-state index in [1.165, 1.54) is 17.1 Å². The van der Waals surface area contributed by atoms with Crippen molar-refractivity contribution in [3.05, 3.63) is 39.9 Å². The van der Waals surface area contributed by atoms with Gasteiger partial charge in [-0.25, -0.2) is 15.1 Å². The summed E-state index contributed by atoms with van der Waals surface area (Å²) in [5.74, 6) is -1.46. The Morgan fingerprint density at radius 2 is 2.00 bits per heavy atom. The molecule has 2 aliphatic rings. The molecule has 0 spiro atoms. The van der Waals surface area contributed by atoms with Crippen molar-refractivity contribution >= 4 is 17.7 Å². The van der Waals surface area contributed by atoms with E-state index in [0.29, 0.717) is 5.56 Å². The van der Waals surface area contributed by atoms with Crippen molar-refractivity contribution in [2.24, 2.45) is 10.3 Å². The number of fused-ring (bicyclic) bond motifs is 1. The Labute approximate surface area is 160 Å². The number of hydrogen-bond acceptors (Lipinski definition) is 10. The Morgan fingerprint density at radius 3 is 2.68 bits per heavy atom. The van der Waals surface area contributed by atoms with Crippen LogP contribution in [0.25, 0.3) is 0 Å². The van der Waals surface area contributed by atoms with Gasteiger partial charge in [0, 0.05) is 24.1 Å². The summed E-state index contributed by atoms with van der Waals surface area (Å²) < 4.78 is 10.3. The van der Waals surface area contributed by atoms with Gasteiger partial charge in [0.05, 0.1) is 18.1 Å². The fraction of sp³-hybridized carbons (Fsp3) is 0.500. The number of nitrogens with zero attached hydrogens (tertiary/aromatic N) is 5. The molecule has 0 aliphatic carbocycles. The minimum absolute atomic E-state index is 0.0817. The van der Waals surface area contributed by atoms with Gasteiger partial charge in [-0.1, -0.05) is 23.4 Å². The van der Waals surface area contributed by atoms with Crippen LogP contribution in [0, 0.1) is 10.1 Å². The minimum atomic E-state index is -1.17. The predicted molar refractivity (Wildman–Crippen MR) is 93.6 cm³/mol. The number of benzene rings is 1. The van der Waals surface area contributed by atoms with Gasteiger partial charge in [-0.15, -0.1) is 5.11 Å². The molecule has 12 nitrogen and oxygen atoms in total. The van der Waals surface area contributed by atoms with Gasteiger partial charge in [0.15, 0.2) is 0 Å². The monoisotopic (exact) mass is 392 g/mol. The number of hydrazine groups is 1. The van der Waals surface area contributed by atoms with Crippen LogP contribution in [0.15, 0.2) is 34.6 Å². The molecule has 1 amide bonds. The molecule has 28 heavy (non-hydrogen) atoms. The van der Waals surface area contributed by atoms with Crippen LogP contribution in [0.5, 0.6) is 0 Å². The van der Waals surface area contributed by atoms with E-state index < -0.39 is 35.2 Å². The summed E-state index contributed by atoms with van der Waals surface area (Å²) in [6.45, 7) is 3.58. The fourth-order valence-electron chi connectivity index (χ4n) is 3.39. The average Bonchev–Trinajstić information content (AvgIpc) is 3.15. The highest BCUT2D eigenvalue weighted by Gasteiger charge is 2.52. The smallest absolute Gasteiger partial charge is 0.413 e. The molecule has 1 aromatic rings. The SMILES string of the molecule is CCOC(=O)C1C(c2ccccc2[N+](=O)[O-])CN2NN=NC2N1C(=O)OCC. The molecule has 3 rings (SSSR count). The second kappa shape index (κ2) is 8.17. The van der Waals surface area contributed by atoms with Crippen LogP contribution in [0.2, 0.25) is 0 Å². The van der Waals surface area contributed by atoms with Gasteiger partial charge >= 0.3 is 12.1 Å². The first kappa shape index (κ1) is 19.5. The maximum Gasteiger partial charge on any atom is 0.413 e. The van der Waals surface area contributed by atoms with E-state index in [0.717, 1.165) is 4.90 Å². The van der Waals surface area contributed by atoms with Gasteiger partial charge in [0.1, 0.15) is 6.04 Å². The summed E-state index contributed by atoms with van der Waals surface area (Å²) in [4.78, 5) is 37.6. The van der Waals surface area contributed by atoms with Crippen LogP contribution in [-0.2, 0) is 14.3 Å². The number of nitro benzene ring substituents is 1. The Bertz CT molecular complexity index is 802. The molecule has 0 radical (unpaired) electrons. The van der Waals surface area contributed by atoms with Crippen molar-refractivity contribution in [1.82, 2.24) is 15.4 Å². The summed E-state index contributed by atoms with van der Waals surface area (Å²) >= 11 is 0. The lowest BCUT2D eigenvalue weighted by atomic mass is 9.87. The fourth-order valence-corrected chi connectivity index (χ4v) is 3.39. The number of nitro groups is 1. The van der Waals surface area contributed by atoms with Crippen molar-refractivity contribution in [1.29, 1.82) is 0 Å². The van der Waals surface area contributed by atoms with Crippen LogP contribution in [0.3, 0.4) is 0 Å². The molecule has 0 aromatic heterocycles. The number of amides is 1. The largest absolute Gasteiger partial charge is 0.464 e. The van der Waals surface area contributed by atoms with E-state index in [2.05, 4.69) is 15.9 Å². The highest BCUT2D eigenvalue weighted by atomic mass is 16.6. The van der Waals surface area contributed by atoms with E-state index in [1.54, 1.807) is 26.0 Å². The molecule has 1 N–H and O–H groups in total. The Hall–Kier alpha value is -3.28. The molecule has 2 aliphatic heterocycles. The zero-order chi connectivity index (χ0) is 20.3. The first-order chi connectivity index (χ1) is 13.5. The summed E-state index contributed by atoms with van der Waals surface area (Å²) in [5.41, 5.74) is 2.79. The van der Waals surface area contributed by atoms with Gasteiger partial charge in [-0.3, -0.25) is 15.0 Å². The van der Waals surface area contributed by atoms with Crippen molar-refractivity contribution in [2.75, 3.05) is 19.8 Å². The number of hydrogen-bond donors (Lipinski definition) is 1. The molecule has 3 atom stereocenters. The van der Waals surface area contributed by atoms with Gasteiger partial charge in [0.2, 0.25) is 6.29 Å². The minimum Gasteiger partial charge on any atom is -0.464 e. The maximum atomic E-state index is 12.8.